The van der Waals surface area contributed by atoms with Crippen LogP contribution in [0, 0.1) is 0 Å². The van der Waals surface area contributed by atoms with Crippen LogP contribution in [-0.4, -0.2) is 22.9 Å². The van der Waals surface area contributed by atoms with Crippen LogP contribution < -0.4 is 15.4 Å². The number of nitrogens with zero attached hydrogens (tertiary/aromatic N) is 2. The summed E-state index contributed by atoms with van der Waals surface area (Å²) in [6, 6.07) is 25.6. The van der Waals surface area contributed by atoms with Gasteiger partial charge >= 0.3 is 6.03 Å². The number of aromatic nitrogens is 2. The molecule has 0 fully saturated rings. The highest BCUT2D eigenvalue weighted by molar-refractivity contribution is 6.30. The Labute approximate surface area is 179 Å². The van der Waals surface area contributed by atoms with Crippen LogP contribution in [0.15, 0.2) is 84.9 Å². The maximum Gasteiger partial charge on any atom is 0.324 e. The van der Waals surface area contributed by atoms with E-state index in [9.17, 15) is 4.79 Å². The first kappa shape index (κ1) is 19.5. The molecule has 0 aliphatic carbocycles. The molecule has 0 saturated carbocycles. The van der Waals surface area contributed by atoms with Gasteiger partial charge in [-0.3, -0.25) is 5.32 Å². The molecule has 1 heterocycles. The molecule has 2 N–H and O–H groups in total. The number of methoxy groups -OCH3 is 1. The Morgan fingerprint density at radius 1 is 0.933 bits per heavy atom. The van der Waals surface area contributed by atoms with Gasteiger partial charge in [-0.05, 0) is 30.3 Å². The highest BCUT2D eigenvalue weighted by atomic mass is 35.5. The summed E-state index contributed by atoms with van der Waals surface area (Å²) in [6.45, 7) is 0. The van der Waals surface area contributed by atoms with Gasteiger partial charge in [-0.15, -0.1) is 0 Å². The van der Waals surface area contributed by atoms with Crippen LogP contribution in [0.25, 0.3) is 16.9 Å². The number of carbonyl (C=O) groups excluding carboxylic acids is 1. The lowest BCUT2D eigenvalue weighted by Gasteiger charge is -2.11. The van der Waals surface area contributed by atoms with Gasteiger partial charge in [-0.2, -0.15) is 5.10 Å². The number of benzene rings is 3. The molecule has 0 saturated heterocycles. The van der Waals surface area contributed by atoms with Crippen molar-refractivity contribution < 1.29 is 9.53 Å². The second-order valence-electron chi connectivity index (χ2n) is 6.48. The van der Waals surface area contributed by atoms with Gasteiger partial charge in [-0.1, -0.05) is 54.1 Å². The number of hydrogen-bond acceptors (Lipinski definition) is 3. The number of hydrogen-bond donors (Lipinski definition) is 2. The minimum Gasteiger partial charge on any atom is -0.497 e. The summed E-state index contributed by atoms with van der Waals surface area (Å²) in [5, 5.41) is 10.9. The van der Waals surface area contributed by atoms with E-state index in [0.29, 0.717) is 22.3 Å². The molecule has 6 nitrogen and oxygen atoms in total. The van der Waals surface area contributed by atoms with Gasteiger partial charge in [0.1, 0.15) is 11.6 Å². The van der Waals surface area contributed by atoms with Crippen LogP contribution in [-0.2, 0) is 0 Å². The predicted molar refractivity (Wildman–Crippen MR) is 120 cm³/mol. The number of anilines is 2. The number of nitrogens with one attached hydrogen (secondary N) is 2. The Morgan fingerprint density at radius 3 is 2.50 bits per heavy atom. The third kappa shape index (κ3) is 4.45. The summed E-state index contributed by atoms with van der Waals surface area (Å²) in [5.41, 5.74) is 3.03. The number of carbonyl (C=O) groups is 1. The smallest absolute Gasteiger partial charge is 0.324 e. The molecule has 0 atom stereocenters. The zero-order valence-electron chi connectivity index (χ0n) is 16.2. The third-order valence-electron chi connectivity index (χ3n) is 4.40. The van der Waals surface area contributed by atoms with Gasteiger partial charge in [0.15, 0.2) is 0 Å². The molecule has 0 bridgehead atoms. The van der Waals surface area contributed by atoms with Crippen molar-refractivity contribution in [3.05, 3.63) is 90.0 Å². The SMILES string of the molecule is COc1cccc(-n2nc(-c3ccccc3)cc2NC(=O)Nc2cccc(Cl)c2)c1. The minimum atomic E-state index is -0.402. The molecule has 0 spiro atoms. The summed E-state index contributed by atoms with van der Waals surface area (Å²) in [4.78, 5) is 12.6. The number of amides is 2. The molecular weight excluding hydrogens is 400 g/mol. The zero-order chi connectivity index (χ0) is 20.9. The van der Waals surface area contributed by atoms with Crippen LogP contribution in [0.2, 0.25) is 5.02 Å². The van der Waals surface area contributed by atoms with Gasteiger partial charge in [0.05, 0.1) is 18.5 Å². The average molecular weight is 419 g/mol. The third-order valence-corrected chi connectivity index (χ3v) is 4.64. The number of urea groups is 1. The van der Waals surface area contributed by atoms with Crippen molar-refractivity contribution in [3.8, 4) is 22.7 Å². The van der Waals surface area contributed by atoms with Gasteiger partial charge in [0.25, 0.3) is 0 Å². The van der Waals surface area contributed by atoms with E-state index in [1.54, 1.807) is 36.1 Å². The molecule has 0 radical (unpaired) electrons. The predicted octanol–water partition coefficient (Wildman–Crippen LogP) is 5.85. The molecule has 2 amide bonds. The van der Waals surface area contributed by atoms with E-state index in [2.05, 4.69) is 10.6 Å². The number of ether oxygens (including phenoxy) is 1. The highest BCUT2D eigenvalue weighted by Gasteiger charge is 2.14. The van der Waals surface area contributed by atoms with Crippen LogP contribution >= 0.6 is 11.6 Å². The molecule has 30 heavy (non-hydrogen) atoms. The zero-order valence-corrected chi connectivity index (χ0v) is 16.9. The number of halogens is 1. The molecule has 0 aliphatic rings. The topological polar surface area (TPSA) is 68.2 Å². The number of rotatable bonds is 5. The first-order chi connectivity index (χ1) is 14.6. The van der Waals surface area contributed by atoms with E-state index in [4.69, 9.17) is 21.4 Å². The summed E-state index contributed by atoms with van der Waals surface area (Å²) in [7, 11) is 1.61. The normalized spacial score (nSPS) is 10.5. The fourth-order valence-electron chi connectivity index (χ4n) is 3.00. The quantitative estimate of drug-likeness (QED) is 0.427. The van der Waals surface area contributed by atoms with Gasteiger partial charge in [0.2, 0.25) is 0 Å². The van der Waals surface area contributed by atoms with Gasteiger partial charge in [0, 0.05) is 28.4 Å². The fourth-order valence-corrected chi connectivity index (χ4v) is 3.19. The molecule has 4 aromatic rings. The first-order valence-electron chi connectivity index (χ1n) is 9.26. The summed E-state index contributed by atoms with van der Waals surface area (Å²) < 4.78 is 6.99. The lowest BCUT2D eigenvalue weighted by Crippen LogP contribution is -2.21. The van der Waals surface area contributed by atoms with Crippen molar-refractivity contribution in [2.75, 3.05) is 17.7 Å². The Morgan fingerprint density at radius 2 is 1.73 bits per heavy atom. The van der Waals surface area contributed by atoms with Crippen molar-refractivity contribution in [1.29, 1.82) is 0 Å². The summed E-state index contributed by atoms with van der Waals surface area (Å²) in [5.74, 6) is 1.21. The summed E-state index contributed by atoms with van der Waals surface area (Å²) >= 11 is 6.00. The van der Waals surface area contributed by atoms with Crippen LogP contribution in [0.4, 0.5) is 16.3 Å². The standard InChI is InChI=1S/C23H19ClN4O2/c1-30-20-12-6-11-19(14-20)28-22(15-21(27-28)16-7-3-2-4-8-16)26-23(29)25-18-10-5-9-17(24)13-18/h2-15H,1H3,(H2,25,26,29). The second kappa shape index (κ2) is 8.71. The van der Waals surface area contributed by atoms with Crippen molar-refractivity contribution in [2.45, 2.75) is 0 Å². The lowest BCUT2D eigenvalue weighted by molar-refractivity contribution is 0.262. The molecule has 4 rings (SSSR count). The maximum absolute atomic E-state index is 12.6. The molecule has 0 unspecified atom stereocenters. The second-order valence-corrected chi connectivity index (χ2v) is 6.92. The lowest BCUT2D eigenvalue weighted by atomic mass is 10.2. The molecule has 0 aliphatic heterocycles. The molecule has 1 aromatic heterocycles. The molecule has 7 heteroatoms. The van der Waals surface area contributed by atoms with Crippen LogP contribution in [0.1, 0.15) is 0 Å². The highest BCUT2D eigenvalue weighted by Crippen LogP contribution is 2.26. The van der Waals surface area contributed by atoms with E-state index in [1.165, 1.54) is 0 Å². The van der Waals surface area contributed by atoms with Gasteiger partial charge < -0.3 is 10.1 Å². The molecule has 3 aromatic carbocycles. The van der Waals surface area contributed by atoms with Crippen molar-refractivity contribution in [3.63, 3.8) is 0 Å². The monoisotopic (exact) mass is 418 g/mol. The van der Waals surface area contributed by atoms with E-state index in [0.717, 1.165) is 16.9 Å². The van der Waals surface area contributed by atoms with E-state index < -0.39 is 6.03 Å². The van der Waals surface area contributed by atoms with Crippen molar-refractivity contribution >= 4 is 29.1 Å². The summed E-state index contributed by atoms with van der Waals surface area (Å²) in [6.07, 6.45) is 0. The Bertz CT molecular complexity index is 1170. The Balaban J connectivity index is 1.68. The molecule has 150 valence electrons. The van der Waals surface area contributed by atoms with Crippen LogP contribution in [0.3, 0.4) is 0 Å². The molecular formula is C23H19ClN4O2. The Hall–Kier alpha value is -3.77. The van der Waals surface area contributed by atoms with E-state index >= 15 is 0 Å². The van der Waals surface area contributed by atoms with E-state index in [-0.39, 0.29) is 0 Å². The average Bonchev–Trinajstić information content (AvgIpc) is 3.18. The van der Waals surface area contributed by atoms with Crippen LogP contribution in [0.5, 0.6) is 5.75 Å². The van der Waals surface area contributed by atoms with Gasteiger partial charge in [-0.25, -0.2) is 9.48 Å². The van der Waals surface area contributed by atoms with Crippen molar-refractivity contribution in [2.24, 2.45) is 0 Å². The Kier molecular flexibility index (Phi) is 5.68. The van der Waals surface area contributed by atoms with E-state index in [1.807, 2.05) is 60.7 Å². The minimum absolute atomic E-state index is 0.402. The largest absolute Gasteiger partial charge is 0.497 e. The maximum atomic E-state index is 12.6. The van der Waals surface area contributed by atoms with Crippen molar-refractivity contribution in [1.82, 2.24) is 9.78 Å². The fraction of sp³-hybridized carbons (Fsp3) is 0.0435. The first-order valence-corrected chi connectivity index (χ1v) is 9.64.